The molecule has 2 rings (SSSR count). The third-order valence-corrected chi connectivity index (χ3v) is 5.62. The van der Waals surface area contributed by atoms with Crippen molar-refractivity contribution in [2.45, 2.75) is 71.3 Å². The Balaban J connectivity index is 2.01. The summed E-state index contributed by atoms with van der Waals surface area (Å²) in [5, 5.41) is 9.49. The van der Waals surface area contributed by atoms with Gasteiger partial charge in [0.25, 0.3) is 0 Å². The van der Waals surface area contributed by atoms with E-state index in [1.165, 1.54) is 32.1 Å². The van der Waals surface area contributed by atoms with Gasteiger partial charge in [0, 0.05) is 6.04 Å². The molecular weight excluding hydrogens is 238 g/mol. The maximum absolute atomic E-state index is 11.5. The van der Waals surface area contributed by atoms with Gasteiger partial charge in [0.1, 0.15) is 0 Å². The molecule has 1 saturated heterocycles. The Morgan fingerprint density at radius 1 is 1.21 bits per heavy atom. The molecule has 1 aliphatic carbocycles. The molecular formula is C16H29NO2. The zero-order chi connectivity index (χ0) is 13.9. The average Bonchev–Trinajstić information content (AvgIpc) is 2.65. The van der Waals surface area contributed by atoms with E-state index >= 15 is 0 Å². The lowest BCUT2D eigenvalue weighted by Gasteiger charge is -2.43. The Kier molecular flexibility index (Phi) is 4.88. The molecule has 0 spiro atoms. The number of aliphatic carboxylic acids is 1. The molecule has 3 heteroatoms. The average molecular weight is 267 g/mol. The number of carboxylic acids is 1. The molecule has 2 aliphatic rings. The van der Waals surface area contributed by atoms with Gasteiger partial charge in [0.15, 0.2) is 0 Å². The van der Waals surface area contributed by atoms with Crippen LogP contribution in [0.25, 0.3) is 0 Å². The largest absolute Gasteiger partial charge is 0.481 e. The minimum absolute atomic E-state index is 0.131. The summed E-state index contributed by atoms with van der Waals surface area (Å²) in [5.41, 5.74) is 0.486. The van der Waals surface area contributed by atoms with Crippen LogP contribution >= 0.6 is 0 Å². The molecule has 1 heterocycles. The lowest BCUT2D eigenvalue weighted by Crippen LogP contribution is -2.48. The first kappa shape index (κ1) is 14.8. The van der Waals surface area contributed by atoms with E-state index in [0.717, 1.165) is 32.4 Å². The number of hydrogen-bond donors (Lipinski definition) is 1. The van der Waals surface area contributed by atoms with E-state index in [1.54, 1.807) is 0 Å². The van der Waals surface area contributed by atoms with Crippen LogP contribution in [-0.4, -0.2) is 35.1 Å². The molecule has 1 saturated carbocycles. The van der Waals surface area contributed by atoms with Crippen molar-refractivity contribution in [2.24, 2.45) is 11.3 Å². The van der Waals surface area contributed by atoms with Crippen LogP contribution in [0.5, 0.6) is 0 Å². The second-order valence-corrected chi connectivity index (χ2v) is 6.85. The highest BCUT2D eigenvalue weighted by Crippen LogP contribution is 2.37. The van der Waals surface area contributed by atoms with Gasteiger partial charge in [-0.05, 0) is 44.2 Å². The van der Waals surface area contributed by atoms with Gasteiger partial charge in [-0.25, -0.2) is 0 Å². The lowest BCUT2D eigenvalue weighted by atomic mass is 9.77. The minimum Gasteiger partial charge on any atom is -0.481 e. The van der Waals surface area contributed by atoms with Gasteiger partial charge in [-0.2, -0.15) is 0 Å². The van der Waals surface area contributed by atoms with E-state index in [2.05, 4.69) is 18.7 Å². The van der Waals surface area contributed by atoms with E-state index in [0.29, 0.717) is 11.5 Å². The van der Waals surface area contributed by atoms with Crippen molar-refractivity contribution in [3.63, 3.8) is 0 Å². The van der Waals surface area contributed by atoms with Gasteiger partial charge in [-0.15, -0.1) is 0 Å². The van der Waals surface area contributed by atoms with Crippen molar-refractivity contribution in [1.82, 2.24) is 4.90 Å². The summed E-state index contributed by atoms with van der Waals surface area (Å²) in [7, 11) is 0. The van der Waals surface area contributed by atoms with E-state index < -0.39 is 5.97 Å². The van der Waals surface area contributed by atoms with Gasteiger partial charge >= 0.3 is 5.97 Å². The molecule has 1 aliphatic heterocycles. The third kappa shape index (κ3) is 3.50. The number of nitrogens with zero attached hydrogens (tertiary/aromatic N) is 1. The number of hydrogen-bond acceptors (Lipinski definition) is 2. The molecule has 110 valence electrons. The molecule has 2 atom stereocenters. The van der Waals surface area contributed by atoms with E-state index in [9.17, 15) is 9.90 Å². The highest BCUT2D eigenvalue weighted by molar-refractivity contribution is 5.70. The molecule has 0 aromatic heterocycles. The summed E-state index contributed by atoms with van der Waals surface area (Å²) in [5.74, 6) is -0.704. The molecule has 0 radical (unpaired) electrons. The fraction of sp³-hybridized carbons (Fsp3) is 0.938. The molecule has 2 fully saturated rings. The molecule has 1 N–H and O–H groups in total. The van der Waals surface area contributed by atoms with Crippen LogP contribution in [0.3, 0.4) is 0 Å². The van der Waals surface area contributed by atoms with Crippen LogP contribution in [0.4, 0.5) is 0 Å². The van der Waals surface area contributed by atoms with Crippen LogP contribution in [0.2, 0.25) is 0 Å². The summed E-state index contributed by atoms with van der Waals surface area (Å²) in [6, 6.07) is 0.293. The van der Waals surface area contributed by atoms with Crippen molar-refractivity contribution in [2.75, 3.05) is 13.1 Å². The Hall–Kier alpha value is -0.570. The summed E-state index contributed by atoms with van der Waals surface area (Å²) in [4.78, 5) is 14.0. The maximum atomic E-state index is 11.5. The Labute approximate surface area is 117 Å². The zero-order valence-corrected chi connectivity index (χ0v) is 12.5. The van der Waals surface area contributed by atoms with E-state index in [-0.39, 0.29) is 5.92 Å². The van der Waals surface area contributed by atoms with Gasteiger partial charge in [0.2, 0.25) is 0 Å². The SMILES string of the molecule is CCC1(C)CCN(C2CCCCCC2C(=O)O)CC1. The number of rotatable bonds is 3. The summed E-state index contributed by atoms with van der Waals surface area (Å²) in [6.45, 7) is 6.85. The van der Waals surface area contributed by atoms with Crippen LogP contribution < -0.4 is 0 Å². The number of carbonyl (C=O) groups is 1. The van der Waals surface area contributed by atoms with Crippen LogP contribution in [0.15, 0.2) is 0 Å². The van der Waals surface area contributed by atoms with Crippen molar-refractivity contribution in [3.8, 4) is 0 Å². The summed E-state index contributed by atoms with van der Waals surface area (Å²) in [6.07, 6.45) is 9.17. The number of carboxylic acid groups (broad SMARTS) is 1. The van der Waals surface area contributed by atoms with Crippen LogP contribution in [0.1, 0.15) is 65.2 Å². The Bertz CT molecular complexity index is 308. The van der Waals surface area contributed by atoms with Crippen molar-refractivity contribution < 1.29 is 9.90 Å². The monoisotopic (exact) mass is 267 g/mol. The quantitative estimate of drug-likeness (QED) is 0.795. The zero-order valence-electron chi connectivity index (χ0n) is 12.5. The van der Waals surface area contributed by atoms with Gasteiger partial charge in [-0.1, -0.05) is 39.5 Å². The molecule has 19 heavy (non-hydrogen) atoms. The predicted octanol–water partition coefficient (Wildman–Crippen LogP) is 3.53. The van der Waals surface area contributed by atoms with Gasteiger partial charge in [0.05, 0.1) is 5.92 Å². The number of piperidine rings is 1. The van der Waals surface area contributed by atoms with Gasteiger partial charge in [-0.3, -0.25) is 9.69 Å². The first-order valence-corrected chi connectivity index (χ1v) is 8.02. The van der Waals surface area contributed by atoms with Crippen molar-refractivity contribution in [1.29, 1.82) is 0 Å². The van der Waals surface area contributed by atoms with Crippen molar-refractivity contribution >= 4 is 5.97 Å². The van der Waals surface area contributed by atoms with Crippen LogP contribution in [0, 0.1) is 11.3 Å². The summed E-state index contributed by atoms with van der Waals surface area (Å²) < 4.78 is 0. The minimum atomic E-state index is -0.573. The van der Waals surface area contributed by atoms with Gasteiger partial charge < -0.3 is 5.11 Å². The van der Waals surface area contributed by atoms with Crippen molar-refractivity contribution in [3.05, 3.63) is 0 Å². The normalized spacial score (nSPS) is 32.7. The first-order valence-electron chi connectivity index (χ1n) is 8.02. The highest BCUT2D eigenvalue weighted by atomic mass is 16.4. The second kappa shape index (κ2) is 6.25. The first-order chi connectivity index (χ1) is 9.06. The maximum Gasteiger partial charge on any atom is 0.308 e. The molecule has 3 nitrogen and oxygen atoms in total. The molecule has 0 amide bonds. The van der Waals surface area contributed by atoms with E-state index in [1.807, 2.05) is 0 Å². The van der Waals surface area contributed by atoms with E-state index in [4.69, 9.17) is 0 Å². The fourth-order valence-electron chi connectivity index (χ4n) is 3.76. The molecule has 0 bridgehead atoms. The number of likely N-dealkylation sites (tertiary alicyclic amines) is 1. The Morgan fingerprint density at radius 2 is 1.84 bits per heavy atom. The fourth-order valence-corrected chi connectivity index (χ4v) is 3.76. The molecule has 0 aromatic carbocycles. The molecule has 0 aromatic rings. The Morgan fingerprint density at radius 3 is 2.42 bits per heavy atom. The summed E-state index contributed by atoms with van der Waals surface area (Å²) >= 11 is 0. The topological polar surface area (TPSA) is 40.5 Å². The second-order valence-electron chi connectivity index (χ2n) is 6.85. The lowest BCUT2D eigenvalue weighted by molar-refractivity contribution is -0.145. The predicted molar refractivity (Wildman–Crippen MR) is 77.2 cm³/mol. The smallest absolute Gasteiger partial charge is 0.308 e. The highest BCUT2D eigenvalue weighted by Gasteiger charge is 2.37. The standard InChI is InChI=1S/C16H29NO2/c1-3-16(2)9-11-17(12-10-16)14-8-6-4-5-7-13(14)15(18)19/h13-14H,3-12H2,1-2H3,(H,18,19). The molecule has 2 unspecified atom stereocenters. The third-order valence-electron chi connectivity index (χ3n) is 5.62. The van der Waals surface area contributed by atoms with Crippen LogP contribution in [-0.2, 0) is 4.79 Å².